The molecule has 0 unspecified atom stereocenters. The summed E-state index contributed by atoms with van der Waals surface area (Å²) in [6.07, 6.45) is 0. The average Bonchev–Trinajstić information content (AvgIpc) is 3.99. The third kappa shape index (κ3) is 5.17. The zero-order valence-corrected chi connectivity index (χ0v) is 33.1. The lowest BCUT2D eigenvalue weighted by atomic mass is 9.94. The van der Waals surface area contributed by atoms with Gasteiger partial charge in [0.2, 0.25) is 0 Å². The van der Waals surface area contributed by atoms with E-state index < -0.39 is 0 Å². The van der Waals surface area contributed by atoms with Gasteiger partial charge in [0.25, 0.3) is 0 Å². The molecule has 3 nitrogen and oxygen atoms in total. The van der Waals surface area contributed by atoms with Crippen molar-refractivity contribution in [1.29, 1.82) is 0 Å². The Morgan fingerprint density at radius 2 is 0.836 bits per heavy atom. The first-order valence-electron chi connectivity index (χ1n) is 20.9. The molecule has 13 rings (SSSR count). The number of nitrogens with zero attached hydrogens (tertiary/aromatic N) is 2. The third-order valence-electron chi connectivity index (χ3n) is 12.7. The number of para-hydroxylation sites is 3. The van der Waals surface area contributed by atoms with Crippen LogP contribution in [-0.4, -0.2) is 9.13 Å². The molecule has 3 heterocycles. The lowest BCUT2D eigenvalue weighted by molar-refractivity contribution is 0.669. The van der Waals surface area contributed by atoms with E-state index in [0.717, 1.165) is 50.0 Å². The van der Waals surface area contributed by atoms with E-state index in [4.69, 9.17) is 4.42 Å². The standard InChI is InChI=1S/C58H36N2O/c1-3-16-43(17-4-1)59-51-23-10-9-21-47(51)48-34-39(26-29-52(48)59)41-28-32-55-50(36-41)58-46(22-12-24-56(58)61-55)42-15-11-14-38(33-42)40-27-30-53-49(35-40)57-45-20-8-7-13-37(45)25-31-54(57)60(53)44-18-5-2-6-19-44/h1-36H. The van der Waals surface area contributed by atoms with E-state index in [2.05, 4.69) is 228 Å². The molecule has 3 heteroatoms. The maximum Gasteiger partial charge on any atom is 0.136 e. The first-order chi connectivity index (χ1) is 30.2. The predicted octanol–water partition coefficient (Wildman–Crippen LogP) is 15.9. The Balaban J connectivity index is 0.948. The highest BCUT2D eigenvalue weighted by atomic mass is 16.3. The maximum atomic E-state index is 6.56. The third-order valence-corrected chi connectivity index (χ3v) is 12.7. The van der Waals surface area contributed by atoms with Crippen LogP contribution in [-0.2, 0) is 0 Å². The largest absolute Gasteiger partial charge is 0.456 e. The fourth-order valence-electron chi connectivity index (χ4n) is 9.95. The first kappa shape index (κ1) is 33.8. The Bertz CT molecular complexity index is 3870. The molecule has 0 fully saturated rings. The molecule has 0 aliphatic heterocycles. The lowest BCUT2D eigenvalue weighted by Crippen LogP contribution is -1.93. The van der Waals surface area contributed by atoms with Crippen LogP contribution in [0.5, 0.6) is 0 Å². The van der Waals surface area contributed by atoms with E-state index in [1.54, 1.807) is 0 Å². The molecule has 0 amide bonds. The molecule has 0 radical (unpaired) electrons. The van der Waals surface area contributed by atoms with Crippen LogP contribution in [0.4, 0.5) is 0 Å². The minimum absolute atomic E-state index is 0.886. The molecule has 0 saturated heterocycles. The van der Waals surface area contributed by atoms with Crippen LogP contribution in [0.2, 0.25) is 0 Å². The first-order valence-corrected chi connectivity index (χ1v) is 20.9. The van der Waals surface area contributed by atoms with Crippen LogP contribution >= 0.6 is 0 Å². The Morgan fingerprint density at radius 3 is 1.62 bits per heavy atom. The molecule has 0 aliphatic carbocycles. The summed E-state index contributed by atoms with van der Waals surface area (Å²) in [6.45, 7) is 0. The minimum atomic E-state index is 0.886. The number of hydrogen-bond donors (Lipinski definition) is 0. The normalized spacial score (nSPS) is 11.9. The summed E-state index contributed by atoms with van der Waals surface area (Å²) >= 11 is 0. The summed E-state index contributed by atoms with van der Waals surface area (Å²) in [5, 5.41) is 9.76. The molecule has 0 bridgehead atoms. The molecule has 61 heavy (non-hydrogen) atoms. The molecule has 0 N–H and O–H groups in total. The predicted molar refractivity (Wildman–Crippen MR) is 256 cm³/mol. The summed E-state index contributed by atoms with van der Waals surface area (Å²) in [7, 11) is 0. The Labute approximate surface area is 351 Å². The molecule has 0 atom stereocenters. The zero-order valence-electron chi connectivity index (χ0n) is 33.1. The molecule has 284 valence electrons. The number of benzene rings is 10. The van der Waals surface area contributed by atoms with E-state index in [1.807, 2.05) is 0 Å². The van der Waals surface area contributed by atoms with Gasteiger partial charge in [-0.05, 0) is 129 Å². The lowest BCUT2D eigenvalue weighted by Gasteiger charge is -2.10. The van der Waals surface area contributed by atoms with Crippen LogP contribution in [0.3, 0.4) is 0 Å². The van der Waals surface area contributed by atoms with Crippen molar-refractivity contribution >= 4 is 76.3 Å². The van der Waals surface area contributed by atoms with E-state index in [-0.39, 0.29) is 0 Å². The summed E-state index contributed by atoms with van der Waals surface area (Å²) in [4.78, 5) is 0. The van der Waals surface area contributed by atoms with Crippen molar-refractivity contribution < 1.29 is 4.42 Å². The van der Waals surface area contributed by atoms with Crippen molar-refractivity contribution in [2.24, 2.45) is 0 Å². The minimum Gasteiger partial charge on any atom is -0.456 e. The SMILES string of the molecule is c1ccc(-n2c3ccccc3c3cc(-c4ccc5oc6cccc(-c7cccc(-c8ccc9c(c8)c8c%10ccccc%10ccc8n9-c8ccccc8)c7)c6c5c4)ccc32)cc1. The maximum absolute atomic E-state index is 6.56. The smallest absolute Gasteiger partial charge is 0.136 e. The van der Waals surface area contributed by atoms with Gasteiger partial charge < -0.3 is 13.6 Å². The van der Waals surface area contributed by atoms with Crippen molar-refractivity contribution in [2.75, 3.05) is 0 Å². The molecule has 13 aromatic rings. The van der Waals surface area contributed by atoms with Gasteiger partial charge in [0.05, 0.1) is 22.1 Å². The topological polar surface area (TPSA) is 23.0 Å². The number of aromatic nitrogens is 2. The average molecular weight is 777 g/mol. The van der Waals surface area contributed by atoms with Crippen LogP contribution < -0.4 is 0 Å². The van der Waals surface area contributed by atoms with E-state index in [1.165, 1.54) is 71.1 Å². The van der Waals surface area contributed by atoms with Crippen molar-refractivity contribution in [3.63, 3.8) is 0 Å². The summed E-state index contributed by atoms with van der Waals surface area (Å²) in [6, 6.07) is 79.2. The van der Waals surface area contributed by atoms with Crippen LogP contribution in [0.25, 0.3) is 121 Å². The quantitative estimate of drug-likeness (QED) is 0.171. The van der Waals surface area contributed by atoms with Crippen LogP contribution in [0.15, 0.2) is 223 Å². The fraction of sp³-hybridized carbons (Fsp3) is 0. The Morgan fingerprint density at radius 1 is 0.279 bits per heavy atom. The molecule has 0 aliphatic rings. The number of fused-ring (bicyclic) bond motifs is 11. The van der Waals surface area contributed by atoms with Crippen molar-refractivity contribution in [2.45, 2.75) is 0 Å². The monoisotopic (exact) mass is 776 g/mol. The summed E-state index contributed by atoms with van der Waals surface area (Å²) < 4.78 is 11.3. The van der Waals surface area contributed by atoms with E-state index >= 15 is 0 Å². The number of hydrogen-bond acceptors (Lipinski definition) is 1. The highest BCUT2D eigenvalue weighted by Crippen LogP contribution is 2.43. The van der Waals surface area contributed by atoms with Crippen molar-refractivity contribution in [1.82, 2.24) is 9.13 Å². The fourth-order valence-corrected chi connectivity index (χ4v) is 9.95. The van der Waals surface area contributed by atoms with Crippen molar-refractivity contribution in [3.05, 3.63) is 218 Å². The number of rotatable bonds is 5. The number of furan rings is 1. The molecular weight excluding hydrogens is 741 g/mol. The van der Waals surface area contributed by atoms with Gasteiger partial charge in [0.15, 0.2) is 0 Å². The van der Waals surface area contributed by atoms with Gasteiger partial charge in [-0.1, -0.05) is 133 Å². The van der Waals surface area contributed by atoms with E-state index in [9.17, 15) is 0 Å². The Hall–Kier alpha value is -8.14. The van der Waals surface area contributed by atoms with Gasteiger partial charge >= 0.3 is 0 Å². The molecule has 3 aromatic heterocycles. The molecule has 0 spiro atoms. The van der Waals surface area contributed by atoms with Gasteiger partial charge in [0, 0.05) is 43.7 Å². The van der Waals surface area contributed by atoms with Gasteiger partial charge in [-0.25, -0.2) is 0 Å². The van der Waals surface area contributed by atoms with Gasteiger partial charge in [-0.3, -0.25) is 0 Å². The van der Waals surface area contributed by atoms with Crippen molar-refractivity contribution in [3.8, 4) is 44.8 Å². The molecule has 0 saturated carbocycles. The zero-order chi connectivity index (χ0) is 40.0. The van der Waals surface area contributed by atoms with Gasteiger partial charge in [0.1, 0.15) is 11.2 Å². The second kappa shape index (κ2) is 13.2. The molecule has 10 aromatic carbocycles. The van der Waals surface area contributed by atoms with Gasteiger partial charge in [-0.2, -0.15) is 0 Å². The van der Waals surface area contributed by atoms with Crippen LogP contribution in [0.1, 0.15) is 0 Å². The molecular formula is C58H36N2O. The Kier molecular flexibility index (Phi) is 7.31. The van der Waals surface area contributed by atoms with E-state index in [0.29, 0.717) is 0 Å². The highest BCUT2D eigenvalue weighted by molar-refractivity contribution is 6.22. The van der Waals surface area contributed by atoms with Crippen LogP contribution in [0, 0.1) is 0 Å². The van der Waals surface area contributed by atoms with Gasteiger partial charge in [-0.15, -0.1) is 0 Å². The summed E-state index contributed by atoms with van der Waals surface area (Å²) in [5.41, 5.74) is 15.9. The highest BCUT2D eigenvalue weighted by Gasteiger charge is 2.19. The second-order valence-corrected chi connectivity index (χ2v) is 16.1. The second-order valence-electron chi connectivity index (χ2n) is 16.1. The summed E-state index contributed by atoms with van der Waals surface area (Å²) in [5.74, 6) is 0.